The first kappa shape index (κ1) is 17.3. The lowest BCUT2D eigenvalue weighted by Crippen LogP contribution is -2.15. The van der Waals surface area contributed by atoms with Crippen LogP contribution in [0.25, 0.3) is 0 Å². The molecule has 2 aromatic rings. The molecule has 0 saturated heterocycles. The number of amides is 1. The lowest BCUT2D eigenvalue weighted by Gasteiger charge is -2.09. The zero-order chi connectivity index (χ0) is 17.9. The molecule has 0 fully saturated rings. The molecule has 0 aliphatic heterocycles. The van der Waals surface area contributed by atoms with Gasteiger partial charge in [-0.3, -0.25) is 14.9 Å². The molecule has 0 heterocycles. The first-order valence-corrected chi connectivity index (χ1v) is 6.58. The average molecular weight is 340 g/mol. The third kappa shape index (κ3) is 4.00. The fraction of sp³-hybridized carbons (Fsp3) is 0.133. The van der Waals surface area contributed by atoms with Gasteiger partial charge in [-0.15, -0.1) is 0 Å². The molecule has 9 heteroatoms. The summed E-state index contributed by atoms with van der Waals surface area (Å²) in [5.41, 5.74) is -0.763. The summed E-state index contributed by atoms with van der Waals surface area (Å²) in [6, 6.07) is 6.63. The fourth-order valence-electron chi connectivity index (χ4n) is 2.07. The Morgan fingerprint density at radius 1 is 1.25 bits per heavy atom. The first-order valence-electron chi connectivity index (χ1n) is 6.58. The Morgan fingerprint density at radius 3 is 2.42 bits per heavy atom. The van der Waals surface area contributed by atoms with Gasteiger partial charge in [-0.05, 0) is 43.3 Å². The second-order valence-electron chi connectivity index (χ2n) is 4.73. The second kappa shape index (κ2) is 6.99. The number of nitrogens with zero attached hydrogens (tertiary/aromatic N) is 1. The van der Waals surface area contributed by atoms with E-state index in [1.807, 2.05) is 0 Å². The topological polar surface area (TPSA) is 81.5 Å². The van der Waals surface area contributed by atoms with Crippen LogP contribution < -0.4 is 10.1 Å². The predicted molar refractivity (Wildman–Crippen MR) is 78.8 cm³/mol. The quantitative estimate of drug-likeness (QED) is 0.661. The van der Waals surface area contributed by atoms with Gasteiger partial charge in [-0.25, -0.2) is 4.39 Å². The number of nitrogens with one attached hydrogen (secondary N) is 1. The number of ether oxygens (including phenoxy) is 1. The highest BCUT2D eigenvalue weighted by Gasteiger charge is 2.24. The van der Waals surface area contributed by atoms with Crippen LogP contribution in [0.3, 0.4) is 0 Å². The maximum Gasteiger partial charge on any atom is 0.387 e. The van der Waals surface area contributed by atoms with Gasteiger partial charge in [0.15, 0.2) is 0 Å². The monoisotopic (exact) mass is 340 g/mol. The van der Waals surface area contributed by atoms with Gasteiger partial charge in [0.2, 0.25) is 0 Å². The minimum Gasteiger partial charge on any atom is -0.435 e. The van der Waals surface area contributed by atoms with E-state index in [0.29, 0.717) is 0 Å². The highest BCUT2D eigenvalue weighted by Crippen LogP contribution is 2.26. The van der Waals surface area contributed by atoms with Crippen LogP contribution in [0.5, 0.6) is 5.75 Å². The molecule has 0 unspecified atom stereocenters. The summed E-state index contributed by atoms with van der Waals surface area (Å²) in [6.45, 7) is -1.67. The molecule has 1 N–H and O–H groups in total. The van der Waals surface area contributed by atoms with E-state index in [1.54, 1.807) is 0 Å². The third-order valence-electron chi connectivity index (χ3n) is 3.03. The molecule has 2 rings (SSSR count). The van der Waals surface area contributed by atoms with Gasteiger partial charge in [-0.1, -0.05) is 0 Å². The summed E-state index contributed by atoms with van der Waals surface area (Å²) < 4.78 is 41.7. The number of hydrogen-bond acceptors (Lipinski definition) is 4. The van der Waals surface area contributed by atoms with Crippen LogP contribution in [-0.2, 0) is 0 Å². The maximum atomic E-state index is 13.5. The van der Waals surface area contributed by atoms with Crippen molar-refractivity contribution in [3.05, 3.63) is 63.5 Å². The number of aryl methyl sites for hydroxylation is 1. The van der Waals surface area contributed by atoms with E-state index in [-0.39, 0.29) is 17.0 Å². The summed E-state index contributed by atoms with van der Waals surface area (Å²) in [5, 5.41) is 13.4. The van der Waals surface area contributed by atoms with Gasteiger partial charge < -0.3 is 10.1 Å². The summed E-state index contributed by atoms with van der Waals surface area (Å²) >= 11 is 0. The molecule has 0 radical (unpaired) electrons. The van der Waals surface area contributed by atoms with Crippen molar-refractivity contribution in [2.24, 2.45) is 0 Å². The van der Waals surface area contributed by atoms with Crippen LogP contribution in [0.2, 0.25) is 0 Å². The van der Waals surface area contributed by atoms with Gasteiger partial charge in [0.05, 0.1) is 4.92 Å². The highest BCUT2D eigenvalue weighted by molar-refractivity contribution is 6.07. The maximum absolute atomic E-state index is 13.5. The van der Waals surface area contributed by atoms with Crippen LogP contribution >= 0.6 is 0 Å². The van der Waals surface area contributed by atoms with E-state index in [1.165, 1.54) is 31.2 Å². The second-order valence-corrected chi connectivity index (χ2v) is 4.73. The van der Waals surface area contributed by atoms with E-state index in [9.17, 15) is 28.1 Å². The molecule has 0 aromatic heterocycles. The van der Waals surface area contributed by atoms with E-state index in [2.05, 4.69) is 10.1 Å². The molecule has 24 heavy (non-hydrogen) atoms. The Kier molecular flexibility index (Phi) is 5.02. The zero-order valence-corrected chi connectivity index (χ0v) is 12.3. The summed E-state index contributed by atoms with van der Waals surface area (Å²) in [7, 11) is 0. The largest absolute Gasteiger partial charge is 0.435 e. The number of nitro benzene ring substituents is 1. The van der Waals surface area contributed by atoms with Crippen molar-refractivity contribution in [2.45, 2.75) is 13.5 Å². The molecule has 0 aliphatic carbocycles. The SMILES string of the molecule is Cc1cc(F)cc(C(=O)Nc2ccc(OC(F)F)cc2)c1[N+](=O)[O-]. The number of benzene rings is 2. The number of rotatable bonds is 5. The summed E-state index contributed by atoms with van der Waals surface area (Å²) in [6.07, 6.45) is 0. The standard InChI is InChI=1S/C15H11F3N2O4/c1-8-6-9(16)7-12(13(8)20(22)23)14(21)19-10-2-4-11(5-3-10)24-15(17)18/h2-7,15H,1H3,(H,19,21). The summed E-state index contributed by atoms with van der Waals surface area (Å²) in [5.74, 6) is -1.80. The van der Waals surface area contributed by atoms with Crippen molar-refractivity contribution in [1.82, 2.24) is 0 Å². The molecule has 6 nitrogen and oxygen atoms in total. The molecule has 0 spiro atoms. The van der Waals surface area contributed by atoms with Crippen molar-refractivity contribution < 1.29 is 27.6 Å². The Hall–Kier alpha value is -3.10. The molecule has 0 atom stereocenters. The Bertz CT molecular complexity index is 779. The summed E-state index contributed by atoms with van der Waals surface area (Å²) in [4.78, 5) is 22.5. The number of carbonyl (C=O) groups excluding carboxylic acids is 1. The molecule has 0 aliphatic rings. The van der Waals surface area contributed by atoms with E-state index >= 15 is 0 Å². The lowest BCUT2D eigenvalue weighted by molar-refractivity contribution is -0.385. The normalized spacial score (nSPS) is 10.5. The lowest BCUT2D eigenvalue weighted by atomic mass is 10.1. The Morgan fingerprint density at radius 2 is 1.88 bits per heavy atom. The van der Waals surface area contributed by atoms with Gasteiger partial charge in [0.1, 0.15) is 17.1 Å². The van der Waals surface area contributed by atoms with E-state index in [4.69, 9.17) is 0 Å². The van der Waals surface area contributed by atoms with Crippen molar-refractivity contribution in [1.29, 1.82) is 0 Å². The predicted octanol–water partition coefficient (Wildman–Crippen LogP) is 3.90. The van der Waals surface area contributed by atoms with Crippen molar-refractivity contribution in [2.75, 3.05) is 5.32 Å². The number of anilines is 1. The minimum absolute atomic E-state index is 0.00540. The third-order valence-corrected chi connectivity index (χ3v) is 3.03. The minimum atomic E-state index is -2.98. The fourth-order valence-corrected chi connectivity index (χ4v) is 2.07. The van der Waals surface area contributed by atoms with Crippen molar-refractivity contribution in [3.8, 4) is 5.75 Å². The molecule has 1 amide bonds. The number of halogens is 3. The van der Waals surface area contributed by atoms with Crippen molar-refractivity contribution in [3.63, 3.8) is 0 Å². The van der Waals surface area contributed by atoms with Crippen LogP contribution in [0.4, 0.5) is 24.5 Å². The zero-order valence-electron chi connectivity index (χ0n) is 12.3. The number of alkyl halides is 2. The van der Waals surface area contributed by atoms with Gasteiger partial charge in [0.25, 0.3) is 11.6 Å². The molecule has 2 aromatic carbocycles. The van der Waals surface area contributed by atoms with E-state index < -0.39 is 34.5 Å². The van der Waals surface area contributed by atoms with Crippen molar-refractivity contribution >= 4 is 17.3 Å². The van der Waals surface area contributed by atoms with E-state index in [0.717, 1.165) is 12.1 Å². The molecular weight excluding hydrogens is 329 g/mol. The number of nitro groups is 1. The number of carbonyl (C=O) groups is 1. The van der Waals surface area contributed by atoms with Crippen LogP contribution in [0.1, 0.15) is 15.9 Å². The average Bonchev–Trinajstić information content (AvgIpc) is 2.47. The molecule has 0 bridgehead atoms. The Balaban J connectivity index is 2.25. The van der Waals surface area contributed by atoms with Crippen LogP contribution in [0, 0.1) is 22.9 Å². The number of hydrogen-bond donors (Lipinski definition) is 1. The first-order chi connectivity index (χ1) is 11.3. The van der Waals surface area contributed by atoms with Gasteiger partial charge >= 0.3 is 6.61 Å². The molecule has 0 saturated carbocycles. The van der Waals surface area contributed by atoms with Crippen LogP contribution in [-0.4, -0.2) is 17.4 Å². The molecule has 126 valence electrons. The Labute approximate surface area is 134 Å². The van der Waals surface area contributed by atoms with Gasteiger partial charge in [0, 0.05) is 11.3 Å². The highest BCUT2D eigenvalue weighted by atomic mass is 19.3. The molecular formula is C15H11F3N2O4. The van der Waals surface area contributed by atoms with Crippen LogP contribution in [0.15, 0.2) is 36.4 Å². The van der Waals surface area contributed by atoms with Gasteiger partial charge in [-0.2, -0.15) is 8.78 Å². The smallest absolute Gasteiger partial charge is 0.387 e.